The average molecular weight is 311 g/mol. The van der Waals surface area contributed by atoms with Crippen molar-refractivity contribution in [2.75, 3.05) is 6.61 Å². The maximum atomic E-state index is 11.8. The van der Waals surface area contributed by atoms with Crippen LogP contribution in [0.25, 0.3) is 0 Å². The largest absolute Gasteiger partial charge is 0.466 e. The summed E-state index contributed by atoms with van der Waals surface area (Å²) < 4.78 is 10.2. The average Bonchev–Trinajstić information content (AvgIpc) is 3.01. The Hall–Kier alpha value is -1.59. The number of amides is 1. The molecular weight excluding hydrogens is 286 g/mol. The Kier molecular flexibility index (Phi) is 6.21. The van der Waals surface area contributed by atoms with Crippen molar-refractivity contribution in [3.8, 4) is 0 Å². The molecule has 0 aromatic heterocycles. The van der Waals surface area contributed by atoms with Gasteiger partial charge < -0.3 is 14.8 Å². The maximum absolute atomic E-state index is 11.8. The van der Waals surface area contributed by atoms with E-state index in [0.717, 1.165) is 25.7 Å². The molecular formula is C16H25NO5. The van der Waals surface area contributed by atoms with E-state index >= 15 is 0 Å². The highest BCUT2D eigenvalue weighted by Gasteiger charge is 2.31. The lowest BCUT2D eigenvalue weighted by Gasteiger charge is -2.26. The topological polar surface area (TPSA) is 81.7 Å². The van der Waals surface area contributed by atoms with Crippen LogP contribution in [0.5, 0.6) is 0 Å². The zero-order chi connectivity index (χ0) is 15.9. The van der Waals surface area contributed by atoms with Gasteiger partial charge in [0.25, 0.3) is 0 Å². The highest BCUT2D eigenvalue weighted by molar-refractivity contribution is 6.32. The van der Waals surface area contributed by atoms with Gasteiger partial charge in [0.2, 0.25) is 0 Å². The summed E-state index contributed by atoms with van der Waals surface area (Å²) in [6.45, 7) is 2.17. The van der Waals surface area contributed by atoms with Crippen LogP contribution in [0.4, 0.5) is 0 Å². The molecule has 22 heavy (non-hydrogen) atoms. The molecule has 0 unspecified atom stereocenters. The van der Waals surface area contributed by atoms with E-state index in [1.54, 1.807) is 6.92 Å². The van der Waals surface area contributed by atoms with E-state index < -0.39 is 11.9 Å². The SMILES string of the molecule is CCOC(=O)C1CCC(OC(=O)C(=O)NC2CCCC2)CC1. The molecule has 0 radical (unpaired) electrons. The molecule has 1 N–H and O–H groups in total. The minimum atomic E-state index is -0.800. The second kappa shape index (κ2) is 8.15. The number of carbonyl (C=O) groups excluding carboxylic acids is 3. The number of esters is 2. The number of carbonyl (C=O) groups is 3. The van der Waals surface area contributed by atoms with E-state index in [0.29, 0.717) is 32.3 Å². The van der Waals surface area contributed by atoms with Crippen LogP contribution in [0.3, 0.4) is 0 Å². The van der Waals surface area contributed by atoms with Gasteiger partial charge in [-0.25, -0.2) is 4.79 Å². The van der Waals surface area contributed by atoms with Gasteiger partial charge in [-0.05, 0) is 45.4 Å². The molecule has 0 aromatic rings. The molecule has 6 nitrogen and oxygen atoms in total. The van der Waals surface area contributed by atoms with Gasteiger partial charge in [0.15, 0.2) is 0 Å². The van der Waals surface area contributed by atoms with E-state index in [2.05, 4.69) is 5.32 Å². The van der Waals surface area contributed by atoms with Crippen LogP contribution in [-0.4, -0.2) is 36.6 Å². The molecule has 0 bridgehead atoms. The zero-order valence-corrected chi connectivity index (χ0v) is 13.1. The maximum Gasteiger partial charge on any atom is 0.397 e. The van der Waals surface area contributed by atoms with E-state index in [1.807, 2.05) is 0 Å². The Labute approximate surface area is 130 Å². The Bertz CT molecular complexity index is 409. The van der Waals surface area contributed by atoms with Crippen molar-refractivity contribution in [3.05, 3.63) is 0 Å². The van der Waals surface area contributed by atoms with E-state index in [4.69, 9.17) is 9.47 Å². The highest BCUT2D eigenvalue weighted by atomic mass is 16.6. The van der Waals surface area contributed by atoms with Gasteiger partial charge in [-0.2, -0.15) is 0 Å². The fourth-order valence-corrected chi connectivity index (χ4v) is 3.20. The summed E-state index contributed by atoms with van der Waals surface area (Å²) >= 11 is 0. The first-order valence-corrected chi connectivity index (χ1v) is 8.28. The summed E-state index contributed by atoms with van der Waals surface area (Å²) in [5.41, 5.74) is 0. The fourth-order valence-electron chi connectivity index (χ4n) is 3.20. The minimum absolute atomic E-state index is 0.109. The van der Waals surface area contributed by atoms with Gasteiger partial charge in [-0.15, -0.1) is 0 Å². The molecule has 0 atom stereocenters. The van der Waals surface area contributed by atoms with E-state index in [1.165, 1.54) is 0 Å². The lowest BCUT2D eigenvalue weighted by molar-refractivity contribution is -0.161. The smallest absolute Gasteiger partial charge is 0.397 e. The molecule has 2 aliphatic rings. The summed E-state index contributed by atoms with van der Waals surface area (Å²) in [5, 5.41) is 2.72. The number of hydrogen-bond donors (Lipinski definition) is 1. The van der Waals surface area contributed by atoms with Crippen LogP contribution in [0.2, 0.25) is 0 Å². The van der Waals surface area contributed by atoms with Gasteiger partial charge in [-0.1, -0.05) is 12.8 Å². The molecule has 0 saturated heterocycles. The summed E-state index contributed by atoms with van der Waals surface area (Å²) in [7, 11) is 0. The van der Waals surface area contributed by atoms with Crippen LogP contribution in [0.15, 0.2) is 0 Å². The predicted octanol–water partition coefficient (Wildman–Crippen LogP) is 1.71. The van der Waals surface area contributed by atoms with Crippen molar-refractivity contribution in [2.24, 2.45) is 5.92 Å². The molecule has 1 amide bonds. The van der Waals surface area contributed by atoms with Crippen LogP contribution < -0.4 is 5.32 Å². The summed E-state index contributed by atoms with van der Waals surface area (Å²) in [6.07, 6.45) is 6.27. The van der Waals surface area contributed by atoms with Crippen molar-refractivity contribution >= 4 is 17.8 Å². The number of nitrogens with one attached hydrogen (secondary N) is 1. The van der Waals surface area contributed by atoms with Crippen LogP contribution in [0.1, 0.15) is 58.3 Å². The van der Waals surface area contributed by atoms with E-state index in [9.17, 15) is 14.4 Å². The molecule has 2 saturated carbocycles. The first-order valence-electron chi connectivity index (χ1n) is 8.28. The van der Waals surface area contributed by atoms with Gasteiger partial charge in [0.05, 0.1) is 12.5 Å². The molecule has 0 spiro atoms. The summed E-state index contributed by atoms with van der Waals surface area (Å²) in [4.78, 5) is 35.2. The first-order chi connectivity index (χ1) is 10.6. The van der Waals surface area contributed by atoms with Gasteiger partial charge in [0, 0.05) is 6.04 Å². The Balaban J connectivity index is 1.69. The predicted molar refractivity (Wildman–Crippen MR) is 78.9 cm³/mol. The third-order valence-corrected chi connectivity index (χ3v) is 4.44. The van der Waals surface area contributed by atoms with Crippen LogP contribution in [0, 0.1) is 5.92 Å². The van der Waals surface area contributed by atoms with Gasteiger partial charge >= 0.3 is 17.8 Å². The first kappa shape index (κ1) is 16.8. The quantitative estimate of drug-likeness (QED) is 0.631. The van der Waals surface area contributed by atoms with Crippen molar-refractivity contribution in [3.63, 3.8) is 0 Å². The van der Waals surface area contributed by atoms with Crippen molar-refractivity contribution < 1.29 is 23.9 Å². The summed E-state index contributed by atoms with van der Waals surface area (Å²) in [6, 6.07) is 0.111. The monoisotopic (exact) mass is 311 g/mol. The standard InChI is InChI=1S/C16H25NO5/c1-2-21-15(19)11-7-9-13(10-8-11)22-16(20)14(18)17-12-5-3-4-6-12/h11-13H,2-10H2,1H3,(H,17,18). The van der Waals surface area contributed by atoms with Crippen molar-refractivity contribution in [1.29, 1.82) is 0 Å². The molecule has 0 aromatic carbocycles. The molecule has 0 heterocycles. The second-order valence-corrected chi connectivity index (χ2v) is 6.09. The molecule has 2 rings (SSSR count). The van der Waals surface area contributed by atoms with Crippen molar-refractivity contribution in [2.45, 2.75) is 70.4 Å². The zero-order valence-electron chi connectivity index (χ0n) is 13.1. The molecule has 2 aliphatic carbocycles. The minimum Gasteiger partial charge on any atom is -0.466 e. The number of rotatable bonds is 4. The Morgan fingerprint density at radius 3 is 2.23 bits per heavy atom. The molecule has 124 valence electrons. The summed E-state index contributed by atoms with van der Waals surface area (Å²) in [5.74, 6) is -1.72. The Morgan fingerprint density at radius 2 is 1.64 bits per heavy atom. The number of ether oxygens (including phenoxy) is 2. The second-order valence-electron chi connectivity index (χ2n) is 6.09. The van der Waals surface area contributed by atoms with E-state index in [-0.39, 0.29) is 24.0 Å². The highest BCUT2D eigenvalue weighted by Crippen LogP contribution is 2.27. The molecule has 2 fully saturated rings. The van der Waals surface area contributed by atoms with Crippen LogP contribution in [-0.2, 0) is 23.9 Å². The normalized spacial score (nSPS) is 25.5. The molecule has 6 heteroatoms. The van der Waals surface area contributed by atoms with Crippen LogP contribution >= 0.6 is 0 Å². The third kappa shape index (κ3) is 4.71. The molecule has 0 aliphatic heterocycles. The Morgan fingerprint density at radius 1 is 1.00 bits per heavy atom. The lowest BCUT2D eigenvalue weighted by atomic mass is 9.87. The van der Waals surface area contributed by atoms with Gasteiger partial charge in [0.1, 0.15) is 6.10 Å². The lowest BCUT2D eigenvalue weighted by Crippen LogP contribution is -2.40. The van der Waals surface area contributed by atoms with Crippen molar-refractivity contribution in [1.82, 2.24) is 5.32 Å². The fraction of sp³-hybridized carbons (Fsp3) is 0.812. The van der Waals surface area contributed by atoms with Gasteiger partial charge in [-0.3, -0.25) is 9.59 Å². The third-order valence-electron chi connectivity index (χ3n) is 4.44. The number of hydrogen-bond acceptors (Lipinski definition) is 5.